The van der Waals surface area contributed by atoms with E-state index in [0.717, 1.165) is 16.7 Å². The van der Waals surface area contributed by atoms with Crippen LogP contribution in [0.5, 0.6) is 0 Å². The van der Waals surface area contributed by atoms with Crippen LogP contribution in [0.1, 0.15) is 50.3 Å². The Morgan fingerprint density at radius 3 is 1.81 bits per heavy atom. The van der Waals surface area contributed by atoms with Crippen LogP contribution in [0.4, 0.5) is 9.59 Å². The number of nitrogens with zero attached hydrogens (tertiary/aromatic N) is 2. The molecule has 9 heteroatoms. The molecule has 0 saturated heterocycles. The summed E-state index contributed by atoms with van der Waals surface area (Å²) in [6.45, 7) is 6.06. The Labute approximate surface area is 254 Å². The van der Waals surface area contributed by atoms with Crippen LogP contribution in [0, 0.1) is 11.3 Å². The van der Waals surface area contributed by atoms with Crippen LogP contribution in [0.3, 0.4) is 0 Å². The number of hydrogen-bond donors (Lipinski definition) is 3. The topological polar surface area (TPSA) is 124 Å². The lowest BCUT2D eigenvalue weighted by atomic mass is 10.0. The van der Waals surface area contributed by atoms with Crippen molar-refractivity contribution in [2.45, 2.75) is 70.8 Å². The first-order chi connectivity index (χ1) is 20.7. The largest absolute Gasteiger partial charge is 0.444 e. The molecule has 0 unspecified atom stereocenters. The van der Waals surface area contributed by atoms with Crippen molar-refractivity contribution in [1.82, 2.24) is 20.9 Å². The molecule has 0 spiro atoms. The molecule has 3 aromatic rings. The van der Waals surface area contributed by atoms with Crippen LogP contribution in [0.15, 0.2) is 91.0 Å². The zero-order chi connectivity index (χ0) is 31.1. The first kappa shape index (κ1) is 32.7. The second-order valence-corrected chi connectivity index (χ2v) is 11.2. The molecule has 0 aromatic heterocycles. The molecular weight excluding hydrogens is 542 g/mol. The Morgan fingerprint density at radius 1 is 0.791 bits per heavy atom. The summed E-state index contributed by atoms with van der Waals surface area (Å²) in [5, 5.41) is 18.9. The summed E-state index contributed by atoms with van der Waals surface area (Å²) in [5.41, 5.74) is 2.01. The Hall–Kier alpha value is -4.84. The van der Waals surface area contributed by atoms with Gasteiger partial charge in [-0.3, -0.25) is 9.69 Å². The van der Waals surface area contributed by atoms with E-state index in [4.69, 9.17) is 4.74 Å². The number of benzene rings is 3. The number of amides is 4. The van der Waals surface area contributed by atoms with Crippen molar-refractivity contribution >= 4 is 18.0 Å². The lowest BCUT2D eigenvalue weighted by Crippen LogP contribution is -2.57. The smallest absolute Gasteiger partial charge is 0.407 e. The fourth-order valence-corrected chi connectivity index (χ4v) is 4.51. The van der Waals surface area contributed by atoms with Gasteiger partial charge in [-0.05, 0) is 50.3 Å². The van der Waals surface area contributed by atoms with E-state index < -0.39 is 29.8 Å². The van der Waals surface area contributed by atoms with E-state index in [-0.39, 0.29) is 38.4 Å². The van der Waals surface area contributed by atoms with E-state index in [1.165, 1.54) is 4.90 Å². The van der Waals surface area contributed by atoms with Gasteiger partial charge in [0.1, 0.15) is 17.7 Å². The van der Waals surface area contributed by atoms with Crippen molar-refractivity contribution in [3.8, 4) is 6.07 Å². The van der Waals surface area contributed by atoms with Gasteiger partial charge in [0.15, 0.2) is 0 Å². The quantitative estimate of drug-likeness (QED) is 0.235. The van der Waals surface area contributed by atoms with Gasteiger partial charge in [0.2, 0.25) is 5.91 Å². The number of rotatable bonds is 13. The molecule has 0 aliphatic heterocycles. The number of hydrogen-bond acceptors (Lipinski definition) is 5. The van der Waals surface area contributed by atoms with Crippen LogP contribution in [0.25, 0.3) is 0 Å². The molecule has 3 N–H and O–H groups in total. The lowest BCUT2D eigenvalue weighted by Gasteiger charge is -2.34. The fraction of sp³-hybridized carbons (Fsp3) is 0.353. The highest BCUT2D eigenvalue weighted by molar-refractivity contribution is 5.87. The molecule has 0 saturated carbocycles. The summed E-state index contributed by atoms with van der Waals surface area (Å²) in [6.07, 6.45) is 0.264. The molecule has 0 fully saturated rings. The number of carbonyl (C=O) groups excluding carboxylic acids is 3. The average Bonchev–Trinajstić information content (AvgIpc) is 3.00. The van der Waals surface area contributed by atoms with Gasteiger partial charge in [0, 0.05) is 26.1 Å². The van der Waals surface area contributed by atoms with E-state index in [0.29, 0.717) is 6.42 Å². The van der Waals surface area contributed by atoms with Crippen molar-refractivity contribution in [3.05, 3.63) is 108 Å². The molecule has 3 aromatic carbocycles. The van der Waals surface area contributed by atoms with Crippen molar-refractivity contribution < 1.29 is 19.1 Å². The van der Waals surface area contributed by atoms with Gasteiger partial charge < -0.3 is 20.7 Å². The predicted octanol–water partition coefficient (Wildman–Crippen LogP) is 5.32. The molecule has 0 bridgehead atoms. The zero-order valence-electron chi connectivity index (χ0n) is 25.1. The fourth-order valence-electron chi connectivity index (χ4n) is 4.51. The standard InChI is InChI=1S/C34H41N5O4/c1-34(2,3)43-33(42)36-21-13-20-30(31(40)37-24-27-16-9-5-10-17-27)39(29(23-35)22-26-14-7-4-8-15-26)32(41)38-25-28-18-11-6-12-19-28/h4-12,14-19,29-30H,13,20-22,24-25H2,1-3H3,(H,36,42)(H,37,40)(H,38,41)/t29-,30-/m0/s1. The van der Waals surface area contributed by atoms with E-state index in [1.54, 1.807) is 20.8 Å². The van der Waals surface area contributed by atoms with Crippen LogP contribution in [-0.2, 0) is 29.0 Å². The third kappa shape index (κ3) is 11.5. The van der Waals surface area contributed by atoms with E-state index >= 15 is 0 Å². The first-order valence-electron chi connectivity index (χ1n) is 14.5. The monoisotopic (exact) mass is 583 g/mol. The van der Waals surface area contributed by atoms with Crippen LogP contribution in [-0.4, -0.2) is 47.2 Å². The molecular formula is C34H41N5O4. The molecule has 4 amide bonds. The maximum absolute atomic E-state index is 13.8. The average molecular weight is 584 g/mol. The molecule has 0 heterocycles. The van der Waals surface area contributed by atoms with Crippen molar-refractivity contribution in [1.29, 1.82) is 5.26 Å². The van der Waals surface area contributed by atoms with Crippen molar-refractivity contribution in [3.63, 3.8) is 0 Å². The van der Waals surface area contributed by atoms with Crippen molar-refractivity contribution in [2.24, 2.45) is 0 Å². The Kier molecular flexibility index (Phi) is 12.6. The maximum Gasteiger partial charge on any atom is 0.407 e. The van der Waals surface area contributed by atoms with Crippen LogP contribution < -0.4 is 16.0 Å². The Balaban J connectivity index is 1.85. The molecule has 0 radical (unpaired) electrons. The highest BCUT2D eigenvalue weighted by atomic mass is 16.6. The summed E-state index contributed by atoms with van der Waals surface area (Å²) < 4.78 is 5.31. The molecule has 2 atom stereocenters. The highest BCUT2D eigenvalue weighted by Gasteiger charge is 2.35. The Bertz CT molecular complexity index is 1340. The van der Waals surface area contributed by atoms with Gasteiger partial charge in [-0.1, -0.05) is 91.0 Å². The second kappa shape index (κ2) is 16.6. The molecule has 3 rings (SSSR count). The maximum atomic E-state index is 13.8. The molecule has 0 aliphatic carbocycles. The van der Waals surface area contributed by atoms with Gasteiger partial charge in [0.05, 0.1) is 6.07 Å². The summed E-state index contributed by atoms with van der Waals surface area (Å²) in [7, 11) is 0. The predicted molar refractivity (Wildman–Crippen MR) is 166 cm³/mol. The van der Waals surface area contributed by atoms with Gasteiger partial charge in [-0.2, -0.15) is 5.26 Å². The Morgan fingerprint density at radius 2 is 1.30 bits per heavy atom. The summed E-state index contributed by atoms with van der Waals surface area (Å²) in [6, 6.07) is 28.1. The van der Waals surface area contributed by atoms with Crippen LogP contribution >= 0.6 is 0 Å². The highest BCUT2D eigenvalue weighted by Crippen LogP contribution is 2.18. The number of nitriles is 1. The summed E-state index contributed by atoms with van der Waals surface area (Å²) in [5.74, 6) is -0.385. The SMILES string of the molecule is CC(C)(C)OC(=O)NCCC[C@@H](C(=O)NCc1ccccc1)N(C(=O)NCc1ccccc1)[C@H](C#N)Cc1ccccc1. The number of carbonyl (C=O) groups is 3. The number of urea groups is 1. The van der Waals surface area contributed by atoms with Gasteiger partial charge in [-0.15, -0.1) is 0 Å². The second-order valence-electron chi connectivity index (χ2n) is 11.2. The summed E-state index contributed by atoms with van der Waals surface area (Å²) >= 11 is 0. The van der Waals surface area contributed by atoms with E-state index in [9.17, 15) is 19.6 Å². The van der Waals surface area contributed by atoms with Gasteiger partial charge >= 0.3 is 12.1 Å². The zero-order valence-corrected chi connectivity index (χ0v) is 25.1. The summed E-state index contributed by atoms with van der Waals surface area (Å²) in [4.78, 5) is 41.1. The first-order valence-corrected chi connectivity index (χ1v) is 14.5. The minimum atomic E-state index is -0.978. The van der Waals surface area contributed by atoms with Gasteiger partial charge in [-0.25, -0.2) is 9.59 Å². The third-order valence-electron chi connectivity index (χ3n) is 6.55. The minimum Gasteiger partial charge on any atom is -0.444 e. The molecule has 0 aliphatic rings. The van der Waals surface area contributed by atoms with E-state index in [2.05, 4.69) is 22.0 Å². The molecule has 43 heavy (non-hydrogen) atoms. The number of nitrogens with one attached hydrogen (secondary N) is 3. The number of ether oxygens (including phenoxy) is 1. The van der Waals surface area contributed by atoms with Crippen LogP contribution in [0.2, 0.25) is 0 Å². The minimum absolute atomic E-state index is 0.210. The van der Waals surface area contributed by atoms with E-state index in [1.807, 2.05) is 91.0 Å². The molecule has 9 nitrogen and oxygen atoms in total. The lowest BCUT2D eigenvalue weighted by molar-refractivity contribution is -0.126. The normalized spacial score (nSPS) is 12.2. The molecule has 226 valence electrons. The number of alkyl carbamates (subject to hydrolysis) is 1. The third-order valence-corrected chi connectivity index (χ3v) is 6.55. The van der Waals surface area contributed by atoms with Crippen molar-refractivity contribution in [2.75, 3.05) is 6.54 Å². The van der Waals surface area contributed by atoms with Gasteiger partial charge in [0.25, 0.3) is 0 Å².